The number of hydrogen-bond donors (Lipinski definition) is 0. The summed E-state index contributed by atoms with van der Waals surface area (Å²) in [6.07, 6.45) is 1.29. The first-order chi connectivity index (χ1) is 7.06. The molecule has 1 aliphatic heterocycles. The van der Waals surface area contributed by atoms with Crippen molar-refractivity contribution in [3.8, 4) is 0 Å². The van der Waals surface area contributed by atoms with E-state index in [9.17, 15) is 0 Å². The monoisotopic (exact) mass is 214 g/mol. The van der Waals surface area contributed by atoms with Crippen LogP contribution in [0.4, 0.5) is 0 Å². The van der Waals surface area contributed by atoms with Gasteiger partial charge >= 0.3 is 0 Å². The summed E-state index contributed by atoms with van der Waals surface area (Å²) in [5.74, 6) is 0. The minimum Gasteiger partial charge on any atom is -0.383 e. The van der Waals surface area contributed by atoms with Crippen LogP contribution in [0.1, 0.15) is 27.2 Å². The normalized spacial score (nSPS) is 25.4. The molecule has 0 spiro atoms. The van der Waals surface area contributed by atoms with E-state index >= 15 is 0 Å². The second-order valence-corrected chi connectivity index (χ2v) is 5.00. The lowest BCUT2D eigenvalue weighted by Gasteiger charge is -2.30. The van der Waals surface area contributed by atoms with Crippen molar-refractivity contribution in [1.82, 2.24) is 9.80 Å². The van der Waals surface area contributed by atoms with E-state index in [2.05, 4.69) is 37.6 Å². The van der Waals surface area contributed by atoms with Crippen LogP contribution in [0.5, 0.6) is 0 Å². The van der Waals surface area contributed by atoms with Crippen molar-refractivity contribution in [2.75, 3.05) is 33.9 Å². The van der Waals surface area contributed by atoms with Crippen molar-refractivity contribution >= 4 is 0 Å². The van der Waals surface area contributed by atoms with Crippen LogP contribution in [-0.4, -0.2) is 61.8 Å². The fourth-order valence-electron chi connectivity index (χ4n) is 2.29. The van der Waals surface area contributed by atoms with Crippen LogP contribution in [0.25, 0.3) is 0 Å². The van der Waals surface area contributed by atoms with Crippen LogP contribution in [0.15, 0.2) is 0 Å². The Kier molecular flexibility index (Phi) is 5.03. The molecule has 1 aliphatic rings. The van der Waals surface area contributed by atoms with E-state index in [0.29, 0.717) is 18.1 Å². The number of methoxy groups -OCH3 is 1. The Balaban J connectivity index is 2.39. The highest BCUT2D eigenvalue weighted by atomic mass is 16.5. The Bertz CT molecular complexity index is 184. The summed E-state index contributed by atoms with van der Waals surface area (Å²) in [7, 11) is 4.00. The van der Waals surface area contributed by atoms with E-state index in [-0.39, 0.29) is 0 Å². The molecule has 1 heterocycles. The van der Waals surface area contributed by atoms with Gasteiger partial charge in [0.15, 0.2) is 0 Å². The predicted octanol–water partition coefficient (Wildman–Crippen LogP) is 1.44. The number of likely N-dealkylation sites (N-methyl/N-ethyl adjacent to an activating group) is 1. The molecule has 15 heavy (non-hydrogen) atoms. The first kappa shape index (κ1) is 12.9. The molecule has 0 radical (unpaired) electrons. The molecule has 3 heteroatoms. The van der Waals surface area contributed by atoms with Crippen molar-refractivity contribution in [1.29, 1.82) is 0 Å². The molecule has 1 saturated heterocycles. The second-order valence-electron chi connectivity index (χ2n) is 5.00. The zero-order valence-electron chi connectivity index (χ0n) is 10.9. The third-order valence-corrected chi connectivity index (χ3v) is 3.60. The highest BCUT2D eigenvalue weighted by molar-refractivity contribution is 4.85. The van der Waals surface area contributed by atoms with E-state index in [4.69, 9.17) is 4.74 Å². The smallest absolute Gasteiger partial charge is 0.0615 e. The lowest BCUT2D eigenvalue weighted by molar-refractivity contribution is 0.0892. The quantitative estimate of drug-likeness (QED) is 0.688. The molecule has 0 N–H and O–H groups in total. The predicted molar refractivity (Wildman–Crippen MR) is 64.2 cm³/mol. The maximum absolute atomic E-state index is 5.20. The molecule has 2 atom stereocenters. The number of likely N-dealkylation sites (tertiary alicyclic amines) is 1. The maximum Gasteiger partial charge on any atom is 0.0615 e. The first-order valence-electron chi connectivity index (χ1n) is 6.01. The van der Waals surface area contributed by atoms with Crippen LogP contribution in [0, 0.1) is 0 Å². The molecule has 0 saturated carbocycles. The van der Waals surface area contributed by atoms with Gasteiger partial charge in [0.05, 0.1) is 6.61 Å². The van der Waals surface area contributed by atoms with E-state index in [1.807, 2.05) is 0 Å². The Morgan fingerprint density at radius 1 is 1.40 bits per heavy atom. The minimum absolute atomic E-state index is 0.520. The standard InChI is InChI=1S/C12H26N2O/c1-10(2)14-7-6-12(8-14)13(4)11(3)9-15-5/h10-12H,6-9H2,1-5H3. The Morgan fingerprint density at radius 3 is 2.53 bits per heavy atom. The van der Waals surface area contributed by atoms with Gasteiger partial charge in [-0.25, -0.2) is 0 Å². The van der Waals surface area contributed by atoms with Gasteiger partial charge in [-0.05, 0) is 34.2 Å². The van der Waals surface area contributed by atoms with Gasteiger partial charge in [0, 0.05) is 38.3 Å². The average Bonchev–Trinajstić information content (AvgIpc) is 2.65. The zero-order valence-corrected chi connectivity index (χ0v) is 10.9. The van der Waals surface area contributed by atoms with Gasteiger partial charge < -0.3 is 4.74 Å². The topological polar surface area (TPSA) is 15.7 Å². The van der Waals surface area contributed by atoms with Crippen molar-refractivity contribution in [3.05, 3.63) is 0 Å². The van der Waals surface area contributed by atoms with Crippen LogP contribution in [-0.2, 0) is 4.74 Å². The SMILES string of the molecule is COCC(C)N(C)C1CCN(C(C)C)C1. The fraction of sp³-hybridized carbons (Fsp3) is 1.00. The van der Waals surface area contributed by atoms with Gasteiger partial charge in [-0.2, -0.15) is 0 Å². The molecule has 0 aromatic carbocycles. The molecular weight excluding hydrogens is 188 g/mol. The first-order valence-corrected chi connectivity index (χ1v) is 6.01. The second kappa shape index (κ2) is 5.83. The summed E-state index contributed by atoms with van der Waals surface area (Å²) in [5, 5.41) is 0. The summed E-state index contributed by atoms with van der Waals surface area (Å²) in [6, 6.07) is 1.91. The number of rotatable bonds is 5. The summed E-state index contributed by atoms with van der Waals surface area (Å²) in [5.41, 5.74) is 0. The van der Waals surface area contributed by atoms with Crippen molar-refractivity contribution < 1.29 is 4.74 Å². The summed E-state index contributed by atoms with van der Waals surface area (Å²) in [4.78, 5) is 5.02. The third-order valence-electron chi connectivity index (χ3n) is 3.60. The van der Waals surface area contributed by atoms with Crippen LogP contribution >= 0.6 is 0 Å². The lowest BCUT2D eigenvalue weighted by Crippen LogP contribution is -2.43. The Hall–Kier alpha value is -0.120. The van der Waals surface area contributed by atoms with E-state index in [0.717, 1.165) is 6.61 Å². The molecule has 0 aromatic rings. The van der Waals surface area contributed by atoms with Crippen molar-refractivity contribution in [3.63, 3.8) is 0 Å². The molecule has 2 unspecified atom stereocenters. The largest absolute Gasteiger partial charge is 0.383 e. The molecule has 0 aliphatic carbocycles. The van der Waals surface area contributed by atoms with Gasteiger partial charge in [0.2, 0.25) is 0 Å². The Morgan fingerprint density at radius 2 is 2.07 bits per heavy atom. The van der Waals surface area contributed by atoms with Gasteiger partial charge in [-0.3, -0.25) is 9.80 Å². The summed E-state index contributed by atoms with van der Waals surface area (Å²) < 4.78 is 5.20. The van der Waals surface area contributed by atoms with Gasteiger partial charge in [-0.15, -0.1) is 0 Å². The summed E-state index contributed by atoms with van der Waals surface area (Å²) in [6.45, 7) is 10.1. The van der Waals surface area contributed by atoms with Crippen LogP contribution in [0.3, 0.4) is 0 Å². The van der Waals surface area contributed by atoms with Crippen molar-refractivity contribution in [2.45, 2.75) is 45.3 Å². The molecular formula is C12H26N2O. The van der Waals surface area contributed by atoms with Gasteiger partial charge in [-0.1, -0.05) is 0 Å². The molecule has 0 aromatic heterocycles. The molecule has 1 fully saturated rings. The molecule has 90 valence electrons. The third kappa shape index (κ3) is 3.44. The fourth-order valence-corrected chi connectivity index (χ4v) is 2.29. The molecule has 1 rings (SSSR count). The Labute approximate surface area is 94.4 Å². The highest BCUT2D eigenvalue weighted by Gasteiger charge is 2.28. The van der Waals surface area contributed by atoms with Crippen LogP contribution in [0.2, 0.25) is 0 Å². The number of ether oxygens (including phenoxy) is 1. The van der Waals surface area contributed by atoms with E-state index < -0.39 is 0 Å². The maximum atomic E-state index is 5.20. The van der Waals surface area contributed by atoms with Crippen molar-refractivity contribution in [2.24, 2.45) is 0 Å². The van der Waals surface area contributed by atoms with E-state index in [1.165, 1.54) is 19.5 Å². The van der Waals surface area contributed by atoms with Gasteiger partial charge in [0.1, 0.15) is 0 Å². The summed E-state index contributed by atoms with van der Waals surface area (Å²) >= 11 is 0. The molecule has 3 nitrogen and oxygen atoms in total. The zero-order chi connectivity index (χ0) is 11.4. The highest BCUT2D eigenvalue weighted by Crippen LogP contribution is 2.18. The lowest BCUT2D eigenvalue weighted by atomic mass is 10.2. The number of hydrogen-bond acceptors (Lipinski definition) is 3. The number of nitrogens with zero attached hydrogens (tertiary/aromatic N) is 2. The average molecular weight is 214 g/mol. The molecule has 0 bridgehead atoms. The van der Waals surface area contributed by atoms with Crippen LogP contribution < -0.4 is 0 Å². The van der Waals surface area contributed by atoms with Gasteiger partial charge in [0.25, 0.3) is 0 Å². The van der Waals surface area contributed by atoms with E-state index in [1.54, 1.807) is 7.11 Å². The molecule has 0 amide bonds. The minimum atomic E-state index is 0.520.